The Morgan fingerprint density at radius 1 is 1.00 bits per heavy atom. The van der Waals surface area contributed by atoms with Gasteiger partial charge in [0.15, 0.2) is 0 Å². The molecule has 1 aliphatic heterocycles. The first kappa shape index (κ1) is 15.3. The van der Waals surface area contributed by atoms with Crippen molar-refractivity contribution in [2.75, 3.05) is 0 Å². The monoisotopic (exact) mass is 366 g/mol. The molecule has 2 aromatic rings. The van der Waals surface area contributed by atoms with Gasteiger partial charge in [0.25, 0.3) is 0 Å². The lowest BCUT2D eigenvalue weighted by Gasteiger charge is -2.26. The first-order valence-corrected chi connectivity index (χ1v) is 8.76. The molecule has 0 spiro atoms. The molecule has 0 N–H and O–H groups in total. The highest BCUT2D eigenvalue weighted by Gasteiger charge is 2.41. The summed E-state index contributed by atoms with van der Waals surface area (Å²) in [6.45, 7) is 6.63. The van der Waals surface area contributed by atoms with Crippen LogP contribution >= 0.6 is 27.5 Å². The summed E-state index contributed by atoms with van der Waals surface area (Å²) < 4.78 is 6.01. The molecule has 0 bridgehead atoms. The molecule has 0 aliphatic carbocycles. The van der Waals surface area contributed by atoms with Crippen molar-refractivity contribution in [1.82, 2.24) is 0 Å². The van der Waals surface area contributed by atoms with Gasteiger partial charge in [-0.25, -0.2) is 0 Å². The lowest BCUT2D eigenvalue weighted by Crippen LogP contribution is -2.22. The fourth-order valence-corrected chi connectivity index (χ4v) is 5.07. The van der Waals surface area contributed by atoms with Crippen molar-refractivity contribution in [3.05, 3.63) is 47.0 Å². The molecule has 1 aliphatic rings. The zero-order chi connectivity index (χ0) is 15.1. The molecule has 0 radical (unpaired) electrons. The second-order valence-electron chi connectivity index (χ2n) is 6.07. The maximum Gasteiger partial charge on any atom is 0.0596 e. The van der Waals surface area contributed by atoms with Crippen LogP contribution in [0.5, 0.6) is 0 Å². The normalized spacial score (nSPS) is 30.7. The van der Waals surface area contributed by atoms with Crippen LogP contribution in [0.1, 0.15) is 31.2 Å². The molecule has 3 heteroatoms. The smallest absolute Gasteiger partial charge is 0.0596 e. The van der Waals surface area contributed by atoms with E-state index in [-0.39, 0.29) is 10.9 Å². The summed E-state index contributed by atoms with van der Waals surface area (Å²) in [5.41, 5.74) is 1.30. The molecule has 1 fully saturated rings. The summed E-state index contributed by atoms with van der Waals surface area (Å²) in [7, 11) is 0. The average molecular weight is 368 g/mol. The van der Waals surface area contributed by atoms with Gasteiger partial charge in [-0.1, -0.05) is 64.8 Å². The van der Waals surface area contributed by atoms with Crippen LogP contribution in [-0.4, -0.2) is 12.2 Å². The van der Waals surface area contributed by atoms with Crippen LogP contribution in [0.2, 0.25) is 5.02 Å². The Bertz CT molecular complexity index is 657. The molecule has 2 aromatic carbocycles. The highest BCUT2D eigenvalue weighted by atomic mass is 79.9. The Kier molecular flexibility index (Phi) is 4.31. The fourth-order valence-electron chi connectivity index (χ4n) is 3.53. The molecular weight excluding hydrogens is 348 g/mol. The Morgan fingerprint density at radius 2 is 1.67 bits per heavy atom. The molecule has 5 atom stereocenters. The van der Waals surface area contributed by atoms with Gasteiger partial charge in [0.1, 0.15) is 0 Å². The van der Waals surface area contributed by atoms with Crippen LogP contribution in [0, 0.1) is 11.8 Å². The van der Waals surface area contributed by atoms with Crippen molar-refractivity contribution in [1.29, 1.82) is 0 Å². The maximum atomic E-state index is 6.33. The van der Waals surface area contributed by atoms with Crippen LogP contribution < -0.4 is 0 Å². The van der Waals surface area contributed by atoms with Gasteiger partial charge in [-0.3, -0.25) is 0 Å². The van der Waals surface area contributed by atoms with E-state index in [0.29, 0.717) is 17.9 Å². The topological polar surface area (TPSA) is 9.23 Å². The predicted molar refractivity (Wildman–Crippen MR) is 93.3 cm³/mol. The Labute approximate surface area is 139 Å². The van der Waals surface area contributed by atoms with Crippen molar-refractivity contribution in [3.63, 3.8) is 0 Å². The number of fused-ring (bicyclic) bond motifs is 1. The minimum absolute atomic E-state index is 0.258. The number of ether oxygens (including phenoxy) is 1. The van der Waals surface area contributed by atoms with Crippen LogP contribution in [-0.2, 0) is 4.74 Å². The van der Waals surface area contributed by atoms with Gasteiger partial charge in [0.2, 0.25) is 0 Å². The minimum Gasteiger partial charge on any atom is -0.375 e. The highest BCUT2D eigenvalue weighted by molar-refractivity contribution is 9.09. The number of hydrogen-bond donors (Lipinski definition) is 0. The number of hydrogen-bond acceptors (Lipinski definition) is 1. The van der Waals surface area contributed by atoms with E-state index >= 15 is 0 Å². The number of rotatable bonds is 2. The van der Waals surface area contributed by atoms with Crippen molar-refractivity contribution in [3.8, 4) is 0 Å². The van der Waals surface area contributed by atoms with Crippen molar-refractivity contribution >= 4 is 38.3 Å². The van der Waals surface area contributed by atoms with E-state index in [1.54, 1.807) is 0 Å². The van der Waals surface area contributed by atoms with Crippen molar-refractivity contribution < 1.29 is 4.74 Å². The van der Waals surface area contributed by atoms with Gasteiger partial charge in [-0.2, -0.15) is 0 Å². The molecule has 1 saturated heterocycles. The molecule has 0 aromatic heterocycles. The Balaban J connectivity index is 2.06. The fraction of sp³-hybridized carbons (Fsp3) is 0.444. The third kappa shape index (κ3) is 2.62. The summed E-state index contributed by atoms with van der Waals surface area (Å²) in [5.74, 6) is 0.989. The summed E-state index contributed by atoms with van der Waals surface area (Å²) in [6.07, 6.45) is 0.567. The summed E-state index contributed by atoms with van der Waals surface area (Å²) in [5, 5.41) is 3.16. The Hall–Kier alpha value is -0.570. The predicted octanol–water partition coefficient (Wildman–Crippen LogP) is 5.99. The molecule has 1 nitrogen and oxygen atoms in total. The van der Waals surface area contributed by atoms with E-state index < -0.39 is 0 Å². The van der Waals surface area contributed by atoms with Crippen LogP contribution in [0.25, 0.3) is 10.8 Å². The van der Waals surface area contributed by atoms with Crippen LogP contribution in [0.4, 0.5) is 0 Å². The maximum absolute atomic E-state index is 6.33. The van der Waals surface area contributed by atoms with Gasteiger partial charge in [-0.15, -0.1) is 0 Å². The molecule has 1 heterocycles. The third-order valence-corrected chi connectivity index (χ3v) is 6.29. The highest BCUT2D eigenvalue weighted by Crippen LogP contribution is 2.47. The molecule has 3 rings (SSSR count). The molecule has 5 unspecified atom stereocenters. The van der Waals surface area contributed by atoms with Gasteiger partial charge < -0.3 is 4.74 Å². The summed E-state index contributed by atoms with van der Waals surface area (Å²) in [6, 6.07) is 12.5. The van der Waals surface area contributed by atoms with Gasteiger partial charge in [0.05, 0.1) is 12.2 Å². The summed E-state index contributed by atoms with van der Waals surface area (Å²) >= 11 is 10.3. The zero-order valence-electron chi connectivity index (χ0n) is 12.5. The third-order valence-electron chi connectivity index (χ3n) is 4.86. The van der Waals surface area contributed by atoms with E-state index in [2.05, 4.69) is 61.0 Å². The average Bonchev–Trinajstić information content (AvgIpc) is 2.72. The second-order valence-corrected chi connectivity index (χ2v) is 7.46. The molecule has 0 amide bonds. The largest absolute Gasteiger partial charge is 0.375 e. The number of halogens is 2. The lowest BCUT2D eigenvalue weighted by atomic mass is 9.83. The van der Waals surface area contributed by atoms with Crippen molar-refractivity contribution in [2.45, 2.75) is 37.8 Å². The molecule has 112 valence electrons. The van der Waals surface area contributed by atoms with Gasteiger partial charge >= 0.3 is 0 Å². The Morgan fingerprint density at radius 3 is 2.29 bits per heavy atom. The van der Waals surface area contributed by atoms with Gasteiger partial charge in [-0.05, 0) is 36.8 Å². The van der Waals surface area contributed by atoms with E-state index in [0.717, 1.165) is 10.4 Å². The van der Waals surface area contributed by atoms with E-state index in [4.69, 9.17) is 16.3 Å². The number of alkyl halides is 1. The quantitative estimate of drug-likeness (QED) is 0.592. The number of benzene rings is 2. The first-order chi connectivity index (χ1) is 10.0. The van der Waals surface area contributed by atoms with E-state index in [9.17, 15) is 0 Å². The van der Waals surface area contributed by atoms with Crippen LogP contribution in [0.3, 0.4) is 0 Å². The van der Waals surface area contributed by atoms with Crippen molar-refractivity contribution in [2.24, 2.45) is 11.8 Å². The molecule has 21 heavy (non-hydrogen) atoms. The standard InChI is InChI=1S/C18H20BrClO/c1-10-11(2)21-12(3)17(10)18(19)15-8-9-16(20)14-7-5-4-6-13(14)15/h4-12,17-18H,1-3H3. The first-order valence-electron chi connectivity index (χ1n) is 7.47. The van der Waals surface area contributed by atoms with Gasteiger partial charge in [0, 0.05) is 21.2 Å². The second kappa shape index (κ2) is 5.91. The van der Waals surface area contributed by atoms with E-state index in [1.807, 2.05) is 12.1 Å². The van der Waals surface area contributed by atoms with E-state index in [1.165, 1.54) is 10.9 Å². The molecular formula is C18H20BrClO. The van der Waals surface area contributed by atoms with Crippen LogP contribution in [0.15, 0.2) is 36.4 Å². The SMILES string of the molecule is CC1OC(C)C(C(Br)c2ccc(Cl)c3ccccc23)C1C. The summed E-state index contributed by atoms with van der Waals surface area (Å²) in [4.78, 5) is 0.273. The minimum atomic E-state index is 0.258. The molecule has 0 saturated carbocycles. The zero-order valence-corrected chi connectivity index (χ0v) is 14.9. The lowest BCUT2D eigenvalue weighted by molar-refractivity contribution is 0.0511.